The van der Waals surface area contributed by atoms with Gasteiger partial charge in [0.25, 0.3) is 0 Å². The van der Waals surface area contributed by atoms with Crippen molar-refractivity contribution in [3.05, 3.63) is 190 Å². The summed E-state index contributed by atoms with van der Waals surface area (Å²) < 4.78 is 79.9. The maximum Gasteiger partial charge on any atom is 0.139 e. The van der Waals surface area contributed by atoms with Crippen molar-refractivity contribution in [2.24, 2.45) is 11.8 Å². The van der Waals surface area contributed by atoms with Gasteiger partial charge in [0.05, 0.1) is 11.0 Å². The first-order chi connectivity index (χ1) is 25.7. The van der Waals surface area contributed by atoms with Crippen LogP contribution in [0.2, 0.25) is 0 Å². The van der Waals surface area contributed by atoms with Crippen molar-refractivity contribution >= 4 is 33.3 Å². The lowest BCUT2D eigenvalue weighted by Crippen LogP contribution is -2.42. The number of hydrogen-bond donors (Lipinski definition) is 0. The summed E-state index contributed by atoms with van der Waals surface area (Å²) in [6.07, 6.45) is 1.03. The van der Waals surface area contributed by atoms with Crippen LogP contribution in [0.5, 0.6) is 0 Å². The minimum absolute atomic E-state index is 0.151. The van der Waals surface area contributed by atoms with Crippen LogP contribution in [0.1, 0.15) is 34.9 Å². The smallest absolute Gasteiger partial charge is 0.139 e. The van der Waals surface area contributed by atoms with E-state index in [0.717, 1.165) is 38.4 Å². The van der Waals surface area contributed by atoms with E-state index in [4.69, 9.17) is 9.90 Å². The average Bonchev–Trinajstić information content (AvgIpc) is 3.60. The molecule has 5 aromatic carbocycles. The molecule has 2 atom stereocenters. The first kappa shape index (κ1) is 19.1. The Morgan fingerprint density at radius 3 is 1.82 bits per heavy atom. The fraction of sp³-hybridized carbons (Fsp3) is 0.0909. The highest BCUT2D eigenvalue weighted by Gasteiger charge is 2.34. The molecule has 9 rings (SSSR count). The topological polar surface area (TPSA) is 13.1 Å². The van der Waals surface area contributed by atoms with Crippen LogP contribution in [0.4, 0.5) is 0 Å². The van der Waals surface area contributed by atoms with Crippen LogP contribution in [0.25, 0.3) is 44.4 Å². The highest BCUT2D eigenvalue weighted by molar-refractivity contribution is 5.99. The molecule has 0 radical (unpaired) electrons. The molecule has 6 aromatic rings. The highest BCUT2D eigenvalue weighted by atomic mass is 16.3. The quantitative estimate of drug-likeness (QED) is 0.207. The van der Waals surface area contributed by atoms with Gasteiger partial charge in [-0.05, 0) is 68.3 Å². The largest absolute Gasteiger partial charge is 0.456 e. The normalized spacial score (nSPS) is 22.0. The van der Waals surface area contributed by atoms with Crippen LogP contribution in [-0.2, 0) is 0 Å². The van der Waals surface area contributed by atoms with E-state index in [0.29, 0.717) is 40.5 Å². The Hall–Kier alpha value is -5.40. The fourth-order valence-electron chi connectivity index (χ4n) is 7.27. The van der Waals surface area contributed by atoms with Crippen molar-refractivity contribution in [3.63, 3.8) is 0 Å². The van der Waals surface area contributed by atoms with E-state index in [1.54, 1.807) is 0 Å². The zero-order valence-electron chi connectivity index (χ0n) is 32.4. The van der Waals surface area contributed by atoms with E-state index < -0.39 is 23.9 Å². The highest BCUT2D eigenvalue weighted by Crippen LogP contribution is 2.42. The molecular formula is C44H32O. The second-order valence-electron chi connectivity index (χ2n) is 11.6. The first-order valence-corrected chi connectivity index (χ1v) is 15.3. The third-order valence-corrected chi connectivity index (χ3v) is 9.25. The Labute approximate surface area is 274 Å². The van der Waals surface area contributed by atoms with E-state index in [9.17, 15) is 5.48 Å². The summed E-state index contributed by atoms with van der Waals surface area (Å²) in [5.41, 5.74) is 7.66. The molecule has 0 bridgehead atoms. The van der Waals surface area contributed by atoms with Crippen molar-refractivity contribution in [1.29, 1.82) is 0 Å². The van der Waals surface area contributed by atoms with Gasteiger partial charge in [0, 0.05) is 28.0 Å². The standard InChI is InChI=1S/C44H32O/c1-3-13-29(14-4-1)30-23-25-32(26-24-30)41-34-17-7-9-19-36(34)42(37-20-10-8-18-35(37)41)39-28-27-33(31-15-5-2-6-16-31)44-43(39)38-21-11-12-22-40(38)45-44/h1-26,34,36H,27-28H2/i7D,8D,9D,10D,17D,18D,19D,20D. The van der Waals surface area contributed by atoms with Gasteiger partial charge in [-0.1, -0.05) is 152 Å². The van der Waals surface area contributed by atoms with Gasteiger partial charge in [-0.3, -0.25) is 0 Å². The molecule has 0 aliphatic heterocycles. The van der Waals surface area contributed by atoms with E-state index in [1.165, 1.54) is 0 Å². The molecule has 3 aliphatic rings. The maximum absolute atomic E-state index is 9.50. The van der Waals surface area contributed by atoms with E-state index in [1.807, 2.05) is 109 Å². The van der Waals surface area contributed by atoms with Gasteiger partial charge in [-0.15, -0.1) is 0 Å². The third kappa shape index (κ3) is 4.23. The van der Waals surface area contributed by atoms with E-state index in [2.05, 4.69) is 0 Å². The van der Waals surface area contributed by atoms with Crippen molar-refractivity contribution in [2.75, 3.05) is 0 Å². The van der Waals surface area contributed by atoms with Crippen LogP contribution in [0, 0.1) is 11.8 Å². The zero-order valence-corrected chi connectivity index (χ0v) is 24.4. The molecule has 3 aliphatic carbocycles. The maximum atomic E-state index is 9.50. The molecule has 0 saturated carbocycles. The molecule has 0 N–H and O–H groups in total. The Morgan fingerprint density at radius 2 is 1.09 bits per heavy atom. The summed E-state index contributed by atoms with van der Waals surface area (Å²) in [5, 5.41) is 2.16. The lowest BCUT2D eigenvalue weighted by atomic mass is 9.68. The van der Waals surface area contributed by atoms with E-state index >= 15 is 0 Å². The van der Waals surface area contributed by atoms with Gasteiger partial charge in [0.15, 0.2) is 0 Å². The van der Waals surface area contributed by atoms with Crippen LogP contribution < -0.4 is 21.1 Å². The number of para-hydroxylation sites is 1. The van der Waals surface area contributed by atoms with Crippen LogP contribution in [0.3, 0.4) is 0 Å². The molecule has 0 spiro atoms. The van der Waals surface area contributed by atoms with Gasteiger partial charge < -0.3 is 4.42 Å². The Morgan fingerprint density at radius 1 is 0.533 bits per heavy atom. The summed E-state index contributed by atoms with van der Waals surface area (Å²) in [7, 11) is 0. The summed E-state index contributed by atoms with van der Waals surface area (Å²) in [6, 6.07) is 33.0. The molecule has 1 nitrogen and oxygen atoms in total. The molecule has 1 heterocycles. The molecule has 0 amide bonds. The predicted molar refractivity (Wildman–Crippen MR) is 186 cm³/mol. The molecule has 0 saturated heterocycles. The number of allylic oxidation sites excluding steroid dienone is 4. The number of rotatable bonds is 4. The van der Waals surface area contributed by atoms with Gasteiger partial charge in [0.2, 0.25) is 0 Å². The van der Waals surface area contributed by atoms with Gasteiger partial charge >= 0.3 is 0 Å². The summed E-state index contributed by atoms with van der Waals surface area (Å²) in [6.45, 7) is 0. The number of fused-ring (bicyclic) bond motifs is 5. The fourth-order valence-corrected chi connectivity index (χ4v) is 7.27. The Balaban J connectivity index is 1.50. The zero-order chi connectivity index (χ0) is 36.7. The van der Waals surface area contributed by atoms with Crippen LogP contribution >= 0.6 is 0 Å². The Bertz CT molecular complexity index is 2850. The molecule has 2 unspecified atom stereocenters. The lowest BCUT2D eigenvalue weighted by molar-refractivity contribution is 0.567. The molecule has 1 aromatic heterocycles. The van der Waals surface area contributed by atoms with Crippen LogP contribution in [-0.4, -0.2) is 0 Å². The SMILES string of the molecule is [2H]C1=C([2H])C2C(C3=c4c(oc5ccccc45)=C(c4ccccc4)CC3)=c3c([2H])c([2H])c([2H])c([2H])c3=C(c3ccc(-c4ccccc4)cc3)C2C([2H])=C1[2H]. The van der Waals surface area contributed by atoms with Crippen LogP contribution in [0.15, 0.2) is 162 Å². The molecular weight excluding hydrogens is 544 g/mol. The lowest BCUT2D eigenvalue weighted by Gasteiger charge is -2.34. The van der Waals surface area contributed by atoms with Gasteiger partial charge in [0.1, 0.15) is 11.0 Å². The van der Waals surface area contributed by atoms with Gasteiger partial charge in [-0.25, -0.2) is 0 Å². The van der Waals surface area contributed by atoms with Crippen molar-refractivity contribution in [3.8, 4) is 11.1 Å². The molecule has 214 valence electrons. The van der Waals surface area contributed by atoms with Crippen molar-refractivity contribution in [2.45, 2.75) is 12.8 Å². The monoisotopic (exact) mass is 584 g/mol. The first-order valence-electron chi connectivity index (χ1n) is 19.3. The second-order valence-corrected chi connectivity index (χ2v) is 11.6. The molecule has 0 fully saturated rings. The van der Waals surface area contributed by atoms with E-state index in [-0.39, 0.29) is 46.7 Å². The third-order valence-electron chi connectivity index (χ3n) is 9.25. The summed E-state index contributed by atoms with van der Waals surface area (Å²) in [5.74, 6) is -1.92. The number of benzene rings is 5. The summed E-state index contributed by atoms with van der Waals surface area (Å²) in [4.78, 5) is 0. The second kappa shape index (κ2) is 10.6. The number of furan rings is 1. The minimum atomic E-state index is -0.963. The molecule has 45 heavy (non-hydrogen) atoms. The summed E-state index contributed by atoms with van der Waals surface area (Å²) >= 11 is 0. The number of hydrogen-bond acceptors (Lipinski definition) is 1. The van der Waals surface area contributed by atoms with Crippen molar-refractivity contribution in [1.82, 2.24) is 0 Å². The minimum Gasteiger partial charge on any atom is -0.456 e. The Kier molecular flexibility index (Phi) is 4.51. The van der Waals surface area contributed by atoms with Gasteiger partial charge in [-0.2, -0.15) is 0 Å². The van der Waals surface area contributed by atoms with Crippen molar-refractivity contribution < 1.29 is 15.4 Å². The molecule has 1 heteroatoms. The predicted octanol–water partition coefficient (Wildman–Crippen LogP) is 7.67. The average molecular weight is 585 g/mol.